The normalized spacial score (nSPS) is 17.5. The molecular formula is C14H18ClNO3. The van der Waals surface area contributed by atoms with Crippen molar-refractivity contribution in [1.82, 2.24) is 4.90 Å². The number of carboxylic acids is 1. The van der Waals surface area contributed by atoms with E-state index in [1.165, 1.54) is 5.56 Å². The smallest absolute Gasteiger partial charge is 0.329 e. The molecule has 1 aliphatic rings. The molecule has 0 radical (unpaired) electrons. The van der Waals surface area contributed by atoms with Gasteiger partial charge in [-0.1, -0.05) is 23.7 Å². The highest BCUT2D eigenvalue weighted by molar-refractivity contribution is 6.30. The van der Waals surface area contributed by atoms with E-state index >= 15 is 0 Å². The van der Waals surface area contributed by atoms with Crippen molar-refractivity contribution in [3.8, 4) is 0 Å². The van der Waals surface area contributed by atoms with Gasteiger partial charge in [-0.15, -0.1) is 0 Å². The van der Waals surface area contributed by atoms with Crippen molar-refractivity contribution in [2.24, 2.45) is 0 Å². The van der Waals surface area contributed by atoms with E-state index in [-0.39, 0.29) is 12.7 Å². The molecule has 1 heterocycles. The number of hydrogen-bond acceptors (Lipinski definition) is 3. The summed E-state index contributed by atoms with van der Waals surface area (Å²) in [6, 6.07) is 7.88. The third-order valence-corrected chi connectivity index (χ3v) is 3.51. The second-order valence-electron chi connectivity index (χ2n) is 4.81. The standard InChI is InChI=1S/C14H18ClNO3/c15-12-3-1-2-11(8-12)9-16-6-4-13(5-7-16)19-10-14(17)18/h1-3,8,13H,4-7,9-10H2,(H,17,18). The molecule has 0 aliphatic carbocycles. The minimum atomic E-state index is -0.902. The van der Waals surface area contributed by atoms with Crippen LogP contribution in [0.3, 0.4) is 0 Å². The molecule has 0 spiro atoms. The van der Waals surface area contributed by atoms with Crippen molar-refractivity contribution in [3.05, 3.63) is 34.9 Å². The second-order valence-corrected chi connectivity index (χ2v) is 5.25. The van der Waals surface area contributed by atoms with E-state index in [2.05, 4.69) is 11.0 Å². The molecule has 5 heteroatoms. The predicted octanol–water partition coefficient (Wildman–Crippen LogP) is 2.41. The van der Waals surface area contributed by atoms with Crippen molar-refractivity contribution in [2.45, 2.75) is 25.5 Å². The van der Waals surface area contributed by atoms with Gasteiger partial charge in [-0.25, -0.2) is 4.79 Å². The van der Waals surface area contributed by atoms with Crippen molar-refractivity contribution in [1.29, 1.82) is 0 Å². The van der Waals surface area contributed by atoms with Crippen molar-refractivity contribution >= 4 is 17.6 Å². The molecule has 1 N–H and O–H groups in total. The first-order valence-electron chi connectivity index (χ1n) is 6.43. The van der Waals surface area contributed by atoms with Gasteiger partial charge in [-0.3, -0.25) is 4.90 Å². The first kappa shape index (κ1) is 14.3. The Morgan fingerprint density at radius 2 is 2.16 bits per heavy atom. The minimum absolute atomic E-state index is 0.0757. The van der Waals surface area contributed by atoms with Crippen LogP contribution >= 0.6 is 11.6 Å². The molecule has 4 nitrogen and oxygen atoms in total. The number of aliphatic carboxylic acids is 1. The van der Waals surface area contributed by atoms with Crippen LogP contribution in [0.2, 0.25) is 5.02 Å². The van der Waals surface area contributed by atoms with E-state index in [9.17, 15) is 4.79 Å². The number of halogens is 1. The van der Waals surface area contributed by atoms with Gasteiger partial charge in [0.05, 0.1) is 6.10 Å². The summed E-state index contributed by atoms with van der Waals surface area (Å²) in [6.07, 6.45) is 1.84. The lowest BCUT2D eigenvalue weighted by atomic mass is 10.1. The average molecular weight is 284 g/mol. The molecule has 104 valence electrons. The fraction of sp³-hybridized carbons (Fsp3) is 0.500. The Bertz CT molecular complexity index is 430. The summed E-state index contributed by atoms with van der Waals surface area (Å²) >= 11 is 5.96. The van der Waals surface area contributed by atoms with Crippen molar-refractivity contribution < 1.29 is 14.6 Å². The zero-order valence-electron chi connectivity index (χ0n) is 10.7. The zero-order valence-corrected chi connectivity index (χ0v) is 11.5. The van der Waals surface area contributed by atoms with Gasteiger partial charge < -0.3 is 9.84 Å². The highest BCUT2D eigenvalue weighted by atomic mass is 35.5. The number of benzene rings is 1. The molecule has 1 aliphatic heterocycles. The number of rotatable bonds is 5. The molecule has 0 unspecified atom stereocenters. The van der Waals surface area contributed by atoms with Crippen molar-refractivity contribution in [2.75, 3.05) is 19.7 Å². The third-order valence-electron chi connectivity index (χ3n) is 3.27. The fourth-order valence-corrected chi connectivity index (χ4v) is 2.53. The molecular weight excluding hydrogens is 266 g/mol. The molecule has 1 aromatic rings. The van der Waals surface area contributed by atoms with E-state index in [0.29, 0.717) is 0 Å². The van der Waals surface area contributed by atoms with E-state index in [1.807, 2.05) is 18.2 Å². The summed E-state index contributed by atoms with van der Waals surface area (Å²) in [4.78, 5) is 12.8. The molecule has 19 heavy (non-hydrogen) atoms. The number of piperidine rings is 1. The average Bonchev–Trinajstić information content (AvgIpc) is 2.38. The number of likely N-dealkylation sites (tertiary alicyclic amines) is 1. The van der Waals surface area contributed by atoms with Gasteiger partial charge in [0.15, 0.2) is 0 Å². The van der Waals surface area contributed by atoms with Crippen LogP contribution in [0.5, 0.6) is 0 Å². The lowest BCUT2D eigenvalue weighted by molar-refractivity contribution is -0.145. The van der Waals surface area contributed by atoms with Crippen LogP contribution in [-0.2, 0) is 16.1 Å². The second kappa shape index (κ2) is 6.89. The number of nitrogens with zero attached hydrogens (tertiary/aromatic N) is 1. The maximum absolute atomic E-state index is 10.4. The first-order valence-corrected chi connectivity index (χ1v) is 6.81. The largest absolute Gasteiger partial charge is 0.480 e. The monoisotopic (exact) mass is 283 g/mol. The fourth-order valence-electron chi connectivity index (χ4n) is 2.32. The summed E-state index contributed by atoms with van der Waals surface area (Å²) in [5.41, 5.74) is 1.21. The summed E-state index contributed by atoms with van der Waals surface area (Å²) < 4.78 is 5.31. The lowest BCUT2D eigenvalue weighted by Gasteiger charge is -2.31. The number of hydrogen-bond donors (Lipinski definition) is 1. The Hall–Kier alpha value is -1.10. The topological polar surface area (TPSA) is 49.8 Å². The number of carbonyl (C=O) groups is 1. The Kier molecular flexibility index (Phi) is 5.19. The first-order chi connectivity index (χ1) is 9.13. The lowest BCUT2D eigenvalue weighted by Crippen LogP contribution is -2.37. The minimum Gasteiger partial charge on any atom is -0.480 e. The van der Waals surface area contributed by atoms with Crippen LogP contribution in [0.4, 0.5) is 0 Å². The molecule has 1 fully saturated rings. The summed E-state index contributed by atoms with van der Waals surface area (Å²) in [7, 11) is 0. The van der Waals surface area contributed by atoms with Crippen molar-refractivity contribution in [3.63, 3.8) is 0 Å². The Labute approximate surface area is 117 Å². The Balaban J connectivity index is 1.75. The van der Waals surface area contributed by atoms with Crippen LogP contribution in [0, 0.1) is 0 Å². The molecule has 1 saturated heterocycles. The molecule has 0 aromatic heterocycles. The van der Waals surface area contributed by atoms with Crippen LogP contribution in [0.25, 0.3) is 0 Å². The molecule has 0 bridgehead atoms. The Morgan fingerprint density at radius 3 is 2.79 bits per heavy atom. The Morgan fingerprint density at radius 1 is 1.42 bits per heavy atom. The van der Waals surface area contributed by atoms with E-state index in [0.717, 1.165) is 37.5 Å². The summed E-state index contributed by atoms with van der Waals surface area (Å²) in [5, 5.41) is 9.33. The van der Waals surface area contributed by atoms with Gasteiger partial charge in [0.1, 0.15) is 6.61 Å². The van der Waals surface area contributed by atoms with E-state index in [1.54, 1.807) is 0 Å². The zero-order chi connectivity index (χ0) is 13.7. The molecule has 0 saturated carbocycles. The molecule has 0 amide bonds. The van der Waals surface area contributed by atoms with E-state index in [4.69, 9.17) is 21.4 Å². The van der Waals surface area contributed by atoms with Gasteiger partial charge in [-0.05, 0) is 30.5 Å². The van der Waals surface area contributed by atoms with Gasteiger partial charge in [0, 0.05) is 24.7 Å². The SMILES string of the molecule is O=C(O)COC1CCN(Cc2cccc(Cl)c2)CC1. The highest BCUT2D eigenvalue weighted by Crippen LogP contribution is 2.18. The third kappa shape index (κ3) is 4.82. The maximum Gasteiger partial charge on any atom is 0.329 e. The van der Waals surface area contributed by atoms with Gasteiger partial charge >= 0.3 is 5.97 Å². The highest BCUT2D eigenvalue weighted by Gasteiger charge is 2.20. The van der Waals surface area contributed by atoms with E-state index < -0.39 is 5.97 Å². The van der Waals surface area contributed by atoms with Crippen LogP contribution in [0.1, 0.15) is 18.4 Å². The number of carboxylic acid groups (broad SMARTS) is 1. The van der Waals surface area contributed by atoms with Gasteiger partial charge in [-0.2, -0.15) is 0 Å². The van der Waals surface area contributed by atoms with Crippen LogP contribution < -0.4 is 0 Å². The number of ether oxygens (including phenoxy) is 1. The van der Waals surface area contributed by atoms with Crippen LogP contribution in [0.15, 0.2) is 24.3 Å². The predicted molar refractivity (Wildman–Crippen MR) is 73.3 cm³/mol. The quantitative estimate of drug-likeness (QED) is 0.901. The maximum atomic E-state index is 10.4. The van der Waals surface area contributed by atoms with Crippen LogP contribution in [-0.4, -0.2) is 41.8 Å². The summed E-state index contributed by atoms with van der Waals surface area (Å²) in [6.45, 7) is 2.54. The summed E-state index contributed by atoms with van der Waals surface area (Å²) in [5.74, 6) is -0.902. The molecule has 1 aromatic carbocycles. The molecule has 0 atom stereocenters. The van der Waals surface area contributed by atoms with Gasteiger partial charge in [0.2, 0.25) is 0 Å². The molecule has 2 rings (SSSR count). The van der Waals surface area contributed by atoms with Gasteiger partial charge in [0.25, 0.3) is 0 Å².